The van der Waals surface area contributed by atoms with E-state index in [1.54, 1.807) is 6.26 Å². The van der Waals surface area contributed by atoms with E-state index in [-0.39, 0.29) is 5.78 Å². The zero-order valence-corrected chi connectivity index (χ0v) is 12.5. The van der Waals surface area contributed by atoms with E-state index >= 15 is 0 Å². The van der Waals surface area contributed by atoms with Crippen LogP contribution in [0.2, 0.25) is 19.6 Å². The number of rotatable bonds is 1. The maximum Gasteiger partial charge on any atom is 0.222 e. The highest BCUT2D eigenvalue weighted by atomic mass is 28.3. The van der Waals surface area contributed by atoms with Crippen LogP contribution in [0.3, 0.4) is 0 Å². The summed E-state index contributed by atoms with van der Waals surface area (Å²) < 4.78 is 5.42. The van der Waals surface area contributed by atoms with Gasteiger partial charge >= 0.3 is 0 Å². The minimum absolute atomic E-state index is 0.121. The molecule has 1 saturated carbocycles. The summed E-state index contributed by atoms with van der Waals surface area (Å²) in [5.74, 6) is 0.286. The molecule has 1 atom stereocenters. The van der Waals surface area contributed by atoms with Crippen LogP contribution < -0.4 is 0 Å². The van der Waals surface area contributed by atoms with Crippen LogP contribution in [0, 0.1) is 16.7 Å². The summed E-state index contributed by atoms with van der Waals surface area (Å²) in [5.41, 5.74) is 1.11. The van der Waals surface area contributed by atoms with Crippen LogP contribution in [0.4, 0.5) is 0 Å². The number of fused-ring (bicyclic) bond motifs is 2. The van der Waals surface area contributed by atoms with Gasteiger partial charge in [0.1, 0.15) is 5.41 Å². The molecule has 98 valence electrons. The van der Waals surface area contributed by atoms with Gasteiger partial charge in [-0.1, -0.05) is 19.6 Å². The highest BCUT2D eigenvalue weighted by molar-refractivity contribution is 6.94. The summed E-state index contributed by atoms with van der Waals surface area (Å²) in [5, 5.41) is 10.9. The average molecular weight is 271 g/mol. The summed E-state index contributed by atoms with van der Waals surface area (Å²) in [6.45, 7) is 6.80. The maximum atomic E-state index is 12.6. The van der Waals surface area contributed by atoms with Gasteiger partial charge in [0.25, 0.3) is 0 Å². The summed E-state index contributed by atoms with van der Waals surface area (Å²) in [4.78, 5) is 12.6. The van der Waals surface area contributed by atoms with E-state index in [1.807, 2.05) is 6.07 Å². The van der Waals surface area contributed by atoms with Gasteiger partial charge < -0.3 is 4.42 Å². The molecule has 0 saturated heterocycles. The first-order valence-corrected chi connectivity index (χ1v) is 10.2. The minimum atomic E-state index is -1.63. The largest absolute Gasteiger partial charge is 0.461 e. The van der Waals surface area contributed by atoms with Crippen LogP contribution in [0.15, 0.2) is 22.3 Å². The molecule has 2 aliphatic carbocycles. The number of ketones is 1. The quantitative estimate of drug-likeness (QED) is 0.730. The topological polar surface area (TPSA) is 54.0 Å². The molecule has 1 heterocycles. The third-order valence-corrected chi connectivity index (χ3v) is 6.34. The molecule has 19 heavy (non-hydrogen) atoms. The van der Waals surface area contributed by atoms with Crippen molar-refractivity contribution < 1.29 is 9.21 Å². The van der Waals surface area contributed by atoms with Crippen LogP contribution >= 0.6 is 0 Å². The molecule has 0 aliphatic heterocycles. The van der Waals surface area contributed by atoms with Gasteiger partial charge in [0.05, 0.1) is 20.4 Å². The summed E-state index contributed by atoms with van der Waals surface area (Å²) in [6.07, 6.45) is 4.03. The van der Waals surface area contributed by atoms with Gasteiger partial charge in [-0.2, -0.15) is 5.26 Å². The fraction of sp³-hybridized carbons (Fsp3) is 0.467. The Kier molecular flexibility index (Phi) is 2.42. The van der Waals surface area contributed by atoms with Crippen molar-refractivity contribution in [2.24, 2.45) is 5.41 Å². The second-order valence-electron chi connectivity index (χ2n) is 6.47. The number of allylic oxidation sites excluding steroid dienone is 1. The molecule has 2 aliphatic rings. The van der Waals surface area contributed by atoms with E-state index in [9.17, 15) is 10.1 Å². The average Bonchev–Trinajstić information content (AvgIpc) is 2.94. The molecule has 0 N–H and O–H groups in total. The molecule has 0 amide bonds. The molecular weight excluding hydrogens is 254 g/mol. The molecule has 3 nitrogen and oxygen atoms in total. The van der Waals surface area contributed by atoms with Crippen LogP contribution in [0.25, 0.3) is 5.20 Å². The lowest BCUT2D eigenvalue weighted by atomic mass is 9.74. The standard InChI is InChI=1S/C15H17NO2Si/c1-19(2,3)13-10-6-8-18-12(10)14(17)15(9-16)7-4-5-11(13)15/h6,8H,4-5,7H2,1-3H3. The molecule has 1 aromatic heterocycles. The zero-order chi connectivity index (χ0) is 13.8. The van der Waals surface area contributed by atoms with Gasteiger partial charge in [-0.05, 0) is 36.1 Å². The second kappa shape index (κ2) is 3.70. The van der Waals surface area contributed by atoms with E-state index in [1.165, 1.54) is 5.20 Å². The van der Waals surface area contributed by atoms with Crippen molar-refractivity contribution in [3.05, 3.63) is 29.2 Å². The van der Waals surface area contributed by atoms with Gasteiger partial charge in [0.2, 0.25) is 5.78 Å². The van der Waals surface area contributed by atoms with E-state index < -0.39 is 13.5 Å². The highest BCUT2D eigenvalue weighted by Gasteiger charge is 2.53. The number of nitrogens with zero attached hydrogens (tertiary/aromatic N) is 1. The number of Topliss-reactive ketones (excluding diaryl/α,β-unsaturated/α-hetero) is 1. The first-order valence-electron chi connectivity index (χ1n) is 6.70. The second-order valence-corrected chi connectivity index (χ2v) is 11.5. The van der Waals surface area contributed by atoms with Crippen molar-refractivity contribution in [2.45, 2.75) is 38.9 Å². The Hall–Kier alpha value is -1.60. The molecule has 0 spiro atoms. The lowest BCUT2D eigenvalue weighted by Crippen LogP contribution is -2.37. The van der Waals surface area contributed by atoms with Crippen LogP contribution in [-0.4, -0.2) is 13.9 Å². The number of carbonyl (C=O) groups is 1. The van der Waals surface area contributed by atoms with Crippen LogP contribution in [0.5, 0.6) is 0 Å². The first-order chi connectivity index (χ1) is 8.92. The van der Waals surface area contributed by atoms with E-state index in [4.69, 9.17) is 4.42 Å². The molecule has 0 radical (unpaired) electrons. The Morgan fingerprint density at radius 2 is 2.16 bits per heavy atom. The fourth-order valence-corrected chi connectivity index (χ4v) is 5.80. The number of hydrogen-bond acceptors (Lipinski definition) is 3. The van der Waals surface area contributed by atoms with Gasteiger partial charge in [-0.3, -0.25) is 4.79 Å². The van der Waals surface area contributed by atoms with Crippen molar-refractivity contribution >= 4 is 19.1 Å². The number of nitriles is 1. The third-order valence-electron chi connectivity index (χ3n) is 4.26. The van der Waals surface area contributed by atoms with Crippen LogP contribution in [0.1, 0.15) is 35.4 Å². The monoisotopic (exact) mass is 271 g/mol. The summed E-state index contributed by atoms with van der Waals surface area (Å²) in [7, 11) is -1.63. The van der Waals surface area contributed by atoms with Gasteiger partial charge in [0.15, 0.2) is 5.76 Å². The van der Waals surface area contributed by atoms with Crippen LogP contribution in [-0.2, 0) is 0 Å². The predicted molar refractivity (Wildman–Crippen MR) is 75.2 cm³/mol. The molecule has 1 fully saturated rings. The Bertz CT molecular complexity index is 642. The molecular formula is C15H17NO2Si. The van der Waals surface area contributed by atoms with E-state index in [0.717, 1.165) is 24.0 Å². The van der Waals surface area contributed by atoms with E-state index in [0.29, 0.717) is 12.2 Å². The summed E-state index contributed by atoms with van der Waals surface area (Å²) in [6, 6.07) is 4.21. The van der Waals surface area contributed by atoms with Crippen molar-refractivity contribution in [3.63, 3.8) is 0 Å². The van der Waals surface area contributed by atoms with Crippen molar-refractivity contribution in [3.8, 4) is 6.07 Å². The molecule has 1 unspecified atom stereocenters. The van der Waals surface area contributed by atoms with Gasteiger partial charge in [0, 0.05) is 5.56 Å². The van der Waals surface area contributed by atoms with Gasteiger partial charge in [-0.15, -0.1) is 0 Å². The maximum absolute atomic E-state index is 12.6. The smallest absolute Gasteiger partial charge is 0.222 e. The molecule has 1 aromatic rings. The number of hydrogen-bond donors (Lipinski definition) is 0. The van der Waals surface area contributed by atoms with Crippen molar-refractivity contribution in [2.75, 3.05) is 0 Å². The SMILES string of the molecule is C[Si](C)(C)C1=C2CCCC2(C#N)C(=O)c2occc21. The Labute approximate surface area is 113 Å². The van der Waals surface area contributed by atoms with Crippen molar-refractivity contribution in [1.29, 1.82) is 5.26 Å². The fourth-order valence-electron chi connectivity index (χ4n) is 3.55. The number of carbonyl (C=O) groups excluding carboxylic acids is 1. The Balaban J connectivity index is 2.39. The predicted octanol–water partition coefficient (Wildman–Crippen LogP) is 3.80. The molecule has 3 rings (SSSR count). The van der Waals surface area contributed by atoms with Gasteiger partial charge in [-0.25, -0.2) is 0 Å². The molecule has 4 heteroatoms. The number of furan rings is 1. The normalized spacial score (nSPS) is 26.1. The third kappa shape index (κ3) is 1.45. The molecule has 0 bridgehead atoms. The zero-order valence-electron chi connectivity index (χ0n) is 11.5. The Morgan fingerprint density at radius 1 is 1.42 bits per heavy atom. The molecule has 0 aromatic carbocycles. The lowest BCUT2D eigenvalue weighted by Gasteiger charge is -2.33. The van der Waals surface area contributed by atoms with E-state index in [2.05, 4.69) is 25.7 Å². The highest BCUT2D eigenvalue weighted by Crippen LogP contribution is 2.54. The summed E-state index contributed by atoms with van der Waals surface area (Å²) >= 11 is 0. The van der Waals surface area contributed by atoms with Crippen molar-refractivity contribution in [1.82, 2.24) is 0 Å². The first kappa shape index (κ1) is 12.4. The Morgan fingerprint density at radius 3 is 2.79 bits per heavy atom. The minimum Gasteiger partial charge on any atom is -0.461 e. The lowest BCUT2D eigenvalue weighted by molar-refractivity contribution is 0.0864.